The van der Waals surface area contributed by atoms with Crippen molar-refractivity contribution in [1.82, 2.24) is 15.6 Å². The molecule has 0 saturated carbocycles. The average Bonchev–Trinajstić information content (AvgIpc) is 3.46. The van der Waals surface area contributed by atoms with E-state index in [1.54, 1.807) is 24.3 Å². The molecule has 3 aromatic carbocycles. The van der Waals surface area contributed by atoms with Crippen LogP contribution >= 0.6 is 11.6 Å². The molecule has 1 heterocycles. The predicted octanol–water partition coefficient (Wildman–Crippen LogP) is 3.28. The SMILES string of the molecule is COC(=O)[C@H](CCC(=O)O)NC(=O)[C@H](CC(=O)O)CC(=O)[C@H](Cc1ccc2ccccc2c1)NC(=O)Cc1cc2cc(Cl)ccc2[nH]1.[3H][U][3H].[U]. The minimum atomic E-state index is -1.51. The van der Waals surface area contributed by atoms with Crippen LogP contribution in [0.25, 0.3) is 21.7 Å². The van der Waals surface area contributed by atoms with Crippen molar-refractivity contribution in [1.29, 1.82) is 0.387 Å². The fourth-order valence-electron chi connectivity index (χ4n) is 5.33. The first kappa shape index (κ1) is 38.7. The molecule has 0 aliphatic carbocycles. The quantitative estimate of drug-likeness (QED) is 0.105. The third kappa shape index (κ3) is 12.6. The largest absolute Gasteiger partial charge is 0 e. The first-order chi connectivity index (χ1) is 23.8. The number of aromatic amines is 1. The Morgan fingerprint density at radius 2 is 1.61 bits per heavy atom. The maximum Gasteiger partial charge on any atom is 0 e. The van der Waals surface area contributed by atoms with Crippen LogP contribution in [0.3, 0.4) is 0 Å². The first-order valence-electron chi connectivity index (χ1n) is 15.8. The maximum atomic E-state index is 13.8. The van der Waals surface area contributed by atoms with E-state index in [4.69, 9.17) is 17.1 Å². The van der Waals surface area contributed by atoms with Gasteiger partial charge in [-0.3, -0.25) is 24.0 Å². The molecule has 256 valence electrons. The van der Waals surface area contributed by atoms with Crippen molar-refractivity contribution in [3.8, 4) is 0 Å². The summed E-state index contributed by atoms with van der Waals surface area (Å²) in [6.07, 6.45) is -2.14. The molecule has 15 heteroatoms. The fourth-order valence-corrected chi connectivity index (χ4v) is 5.51. The van der Waals surface area contributed by atoms with Gasteiger partial charge in [-0.05, 0) is 53.4 Å². The van der Waals surface area contributed by atoms with Gasteiger partial charge >= 0.3 is 48.9 Å². The number of amides is 2. The number of fused-ring (bicyclic) bond motifs is 2. The number of carbonyl (C=O) groups is 6. The molecule has 0 bridgehead atoms. The van der Waals surface area contributed by atoms with Crippen LogP contribution in [0.5, 0.6) is 0 Å². The zero-order chi connectivity index (χ0) is 36.8. The molecular weight excluding hydrogens is 1110 g/mol. The Kier molecular flexibility index (Phi) is 15.7. The summed E-state index contributed by atoms with van der Waals surface area (Å²) in [5.41, 5.74) is 2.08. The fraction of sp³-hybridized carbons (Fsp3) is 0.294. The molecule has 4 aromatic rings. The van der Waals surface area contributed by atoms with Crippen LogP contribution in [0.1, 0.15) is 36.9 Å². The van der Waals surface area contributed by atoms with E-state index in [9.17, 15) is 33.9 Å². The molecule has 0 saturated heterocycles. The molecule has 2 amide bonds. The molecule has 0 spiro atoms. The van der Waals surface area contributed by atoms with Crippen molar-refractivity contribution < 1.29 is 105 Å². The van der Waals surface area contributed by atoms with Gasteiger partial charge in [0.25, 0.3) is 0 Å². The summed E-state index contributed by atoms with van der Waals surface area (Å²) in [7, 11) is 1.06. The predicted molar refractivity (Wildman–Crippen MR) is 176 cm³/mol. The molecule has 3 atom stereocenters. The van der Waals surface area contributed by atoms with Crippen LogP contribution in [0, 0.1) is 67.6 Å². The number of nitrogens with one attached hydrogen (secondary N) is 3. The molecule has 0 radical (unpaired) electrons. The van der Waals surface area contributed by atoms with E-state index < -0.39 is 103 Å². The van der Waals surface area contributed by atoms with Gasteiger partial charge in [0.15, 0.2) is 5.78 Å². The van der Waals surface area contributed by atoms with E-state index in [1.165, 1.54) is 0 Å². The van der Waals surface area contributed by atoms with Crippen LogP contribution in [0.4, 0.5) is 0 Å². The zero-order valence-corrected chi connectivity index (χ0v) is 35.5. The summed E-state index contributed by atoms with van der Waals surface area (Å²) in [4.78, 5) is 78.4. The number of ether oxygens (including phenoxy) is 1. The summed E-state index contributed by atoms with van der Waals surface area (Å²) in [5, 5.41) is 26.9. The number of carboxylic acid groups (broad SMARTS) is 2. The number of carbonyl (C=O) groups excluding carboxylic acids is 4. The molecule has 0 unspecified atom stereocenters. The van der Waals surface area contributed by atoms with Gasteiger partial charge in [0.05, 0.1) is 31.9 Å². The van der Waals surface area contributed by atoms with Crippen molar-refractivity contribution in [3.05, 3.63) is 83.0 Å². The Morgan fingerprint density at radius 3 is 2.29 bits per heavy atom. The number of rotatable bonds is 16. The number of H-pyrrole nitrogens is 1. The Hall–Kier alpha value is -3.13. The Labute approximate surface area is 334 Å². The molecule has 0 fully saturated rings. The van der Waals surface area contributed by atoms with E-state index in [0.717, 1.165) is 34.3 Å². The minimum absolute atomic E-state index is 0. The number of aliphatic carboxylic acids is 2. The second-order valence-corrected chi connectivity index (χ2v) is 11.6. The van der Waals surface area contributed by atoms with Gasteiger partial charge in [-0.1, -0.05) is 54.1 Å². The van der Waals surface area contributed by atoms with Crippen LogP contribution < -0.4 is 10.6 Å². The van der Waals surface area contributed by atoms with E-state index >= 15 is 0 Å². The van der Waals surface area contributed by atoms with Gasteiger partial charge in [-0.2, -0.15) is 0 Å². The number of Topliss-reactive ketones (excluding diaryl/α,β-unsaturated/α-hetero) is 1. The van der Waals surface area contributed by atoms with Gasteiger partial charge < -0.3 is 30.6 Å². The summed E-state index contributed by atoms with van der Waals surface area (Å²) >= 11 is 4.58. The molecular formula is C34H36ClN3O9U2. The molecule has 0 aliphatic rings. The second-order valence-electron chi connectivity index (χ2n) is 11.2. The summed E-state index contributed by atoms with van der Waals surface area (Å²) in [5.74, 6) is -6.95. The molecule has 0 aliphatic heterocycles. The molecule has 1 aromatic heterocycles. The van der Waals surface area contributed by atoms with Crippen LogP contribution in [-0.4, -0.2) is 70.3 Å². The van der Waals surface area contributed by atoms with Crippen molar-refractivity contribution in [2.45, 2.75) is 50.6 Å². The van der Waals surface area contributed by atoms with E-state index in [-0.39, 0.29) is 50.4 Å². The van der Waals surface area contributed by atoms with Crippen molar-refractivity contribution in [2.24, 2.45) is 5.92 Å². The van der Waals surface area contributed by atoms with Crippen LogP contribution in [0.15, 0.2) is 66.7 Å². The maximum absolute atomic E-state index is 13.8. The first-order valence-corrected chi connectivity index (χ1v) is 15.2. The topological polar surface area (TPSA) is 192 Å². The summed E-state index contributed by atoms with van der Waals surface area (Å²) < 4.78 is 16.8. The Bertz CT molecular complexity index is 1860. The van der Waals surface area contributed by atoms with Gasteiger partial charge in [0.2, 0.25) is 11.8 Å². The van der Waals surface area contributed by atoms with E-state index in [0.29, 0.717) is 10.7 Å². The number of esters is 1. The third-order valence-electron chi connectivity index (χ3n) is 7.66. The second kappa shape index (κ2) is 19.9. The number of halogens is 1. The van der Waals surface area contributed by atoms with Gasteiger partial charge in [0.1, 0.15) is 6.04 Å². The average molecular weight is 1150 g/mol. The van der Waals surface area contributed by atoms with Gasteiger partial charge in [0, 0.05) is 65.6 Å². The normalized spacial score (nSPS) is 12.7. The third-order valence-corrected chi connectivity index (χ3v) is 7.89. The van der Waals surface area contributed by atoms with E-state index in [2.05, 4.69) is 20.4 Å². The number of hydrogen-bond acceptors (Lipinski definition) is 7. The number of carboxylic acids is 2. The molecule has 4 rings (SSSR count). The van der Waals surface area contributed by atoms with Crippen molar-refractivity contribution in [2.75, 3.05) is 7.11 Å². The minimum Gasteiger partial charge on any atom is 0 e. The number of aromatic nitrogens is 1. The van der Waals surface area contributed by atoms with Gasteiger partial charge in [-0.25, -0.2) is 4.79 Å². The summed E-state index contributed by atoms with van der Waals surface area (Å²) in [6, 6.07) is 17.7. The van der Waals surface area contributed by atoms with Gasteiger partial charge in [-0.15, -0.1) is 0 Å². The molecule has 49 heavy (non-hydrogen) atoms. The van der Waals surface area contributed by atoms with Crippen molar-refractivity contribution in [3.63, 3.8) is 0 Å². The van der Waals surface area contributed by atoms with Crippen LogP contribution in [-0.2, 0) is 46.3 Å². The number of benzene rings is 3. The zero-order valence-electron chi connectivity index (χ0n) is 28.5. The van der Waals surface area contributed by atoms with E-state index in [1.807, 2.05) is 42.5 Å². The number of ketones is 1. The van der Waals surface area contributed by atoms with Crippen molar-refractivity contribution >= 4 is 68.8 Å². The molecule has 12 nitrogen and oxygen atoms in total. The standard InChI is InChI=1S/C34H34ClN3O9.2U.2H/c1-47-34(46)27(10-11-31(41)42)38-33(45)23(17-32(43)44)16-29(39)28(13-19-6-7-20-4-2-3-5-21(20)12-19)37-30(40)18-25-15-22-14-24(35)8-9-26(22)36-25;;;;/h2-9,12,14-15,23,27-28,36H,10-11,13,16-18H2,1H3,(H,37,40)(H,38,45)(H,41,42)(H,43,44);;;;/t23-,27-,28-;;;;/m0..../s1/i;;;2*1+2. The molecule has 5 N–H and O–H groups in total. The Morgan fingerprint density at radius 1 is 0.898 bits per heavy atom. The van der Waals surface area contributed by atoms with Crippen LogP contribution in [0.2, 0.25) is 5.02 Å². The monoisotopic (exact) mass is 1150 g/mol. The number of methoxy groups -OCH3 is 1. The summed E-state index contributed by atoms with van der Waals surface area (Å²) in [6.45, 7) is 0. The Balaban J connectivity index is 0.00000217. The number of hydrogen-bond donors (Lipinski definition) is 5. The smallest absolute Gasteiger partial charge is 0 e.